The zero-order valence-corrected chi connectivity index (χ0v) is 10.9. The van der Waals surface area contributed by atoms with Crippen LogP contribution in [0.2, 0.25) is 0 Å². The van der Waals surface area contributed by atoms with E-state index in [4.69, 9.17) is 9.47 Å². The summed E-state index contributed by atoms with van der Waals surface area (Å²) in [6.07, 6.45) is 10.2. The Morgan fingerprint density at radius 3 is 1.31 bits per heavy atom. The highest BCUT2D eigenvalue weighted by atomic mass is 16.5. The van der Waals surface area contributed by atoms with E-state index in [0.717, 1.165) is 13.2 Å². The minimum absolute atomic E-state index is 0.153. The standard InChI is InChI=1S/C14H26O2/c1-13(7-3-4-8-13)15-11-12-16-14(2)9-5-6-10-14/h3-12H2,1-2H3. The first-order valence-electron chi connectivity index (χ1n) is 6.90. The van der Waals surface area contributed by atoms with E-state index in [1.165, 1.54) is 51.4 Å². The Labute approximate surface area is 99.7 Å². The van der Waals surface area contributed by atoms with Gasteiger partial charge in [-0.1, -0.05) is 25.7 Å². The van der Waals surface area contributed by atoms with Crippen molar-refractivity contribution in [1.29, 1.82) is 0 Å². The van der Waals surface area contributed by atoms with Crippen molar-refractivity contribution < 1.29 is 9.47 Å². The van der Waals surface area contributed by atoms with E-state index in [-0.39, 0.29) is 11.2 Å². The molecule has 0 aromatic heterocycles. The smallest absolute Gasteiger partial charge is 0.0708 e. The molecule has 2 saturated carbocycles. The van der Waals surface area contributed by atoms with Gasteiger partial charge in [-0.05, 0) is 39.5 Å². The number of hydrogen-bond acceptors (Lipinski definition) is 2. The molecule has 2 aliphatic rings. The van der Waals surface area contributed by atoms with Gasteiger partial charge in [-0.15, -0.1) is 0 Å². The summed E-state index contributed by atoms with van der Waals surface area (Å²) in [5.41, 5.74) is 0.305. The molecule has 2 heteroatoms. The Hall–Kier alpha value is -0.0800. The molecule has 0 aromatic carbocycles. The normalized spacial score (nSPS) is 27.4. The Kier molecular flexibility index (Phi) is 3.91. The second kappa shape index (κ2) is 5.05. The second-order valence-corrected chi connectivity index (χ2v) is 6.01. The van der Waals surface area contributed by atoms with E-state index in [1.54, 1.807) is 0 Å². The van der Waals surface area contributed by atoms with Crippen LogP contribution in [0.4, 0.5) is 0 Å². The topological polar surface area (TPSA) is 18.5 Å². The molecule has 0 heterocycles. The van der Waals surface area contributed by atoms with Crippen molar-refractivity contribution in [1.82, 2.24) is 0 Å². The molecule has 94 valence electrons. The van der Waals surface area contributed by atoms with Crippen molar-refractivity contribution in [2.24, 2.45) is 0 Å². The lowest BCUT2D eigenvalue weighted by molar-refractivity contribution is -0.0911. The van der Waals surface area contributed by atoms with Crippen molar-refractivity contribution in [2.45, 2.75) is 76.4 Å². The predicted molar refractivity (Wildman–Crippen MR) is 65.7 cm³/mol. The molecule has 0 aromatic rings. The molecule has 2 aliphatic carbocycles. The first-order valence-corrected chi connectivity index (χ1v) is 6.90. The van der Waals surface area contributed by atoms with Crippen LogP contribution >= 0.6 is 0 Å². The third kappa shape index (κ3) is 3.21. The van der Waals surface area contributed by atoms with Gasteiger partial charge in [-0.2, -0.15) is 0 Å². The zero-order valence-electron chi connectivity index (χ0n) is 10.9. The first kappa shape index (κ1) is 12.4. The molecule has 0 radical (unpaired) electrons. The fourth-order valence-corrected chi connectivity index (χ4v) is 3.11. The molecule has 0 bridgehead atoms. The maximum Gasteiger partial charge on any atom is 0.0708 e. The van der Waals surface area contributed by atoms with Crippen LogP contribution in [0.5, 0.6) is 0 Å². The van der Waals surface area contributed by atoms with E-state index in [0.29, 0.717) is 0 Å². The quantitative estimate of drug-likeness (QED) is 0.666. The van der Waals surface area contributed by atoms with E-state index in [1.807, 2.05) is 0 Å². The van der Waals surface area contributed by atoms with Gasteiger partial charge in [0, 0.05) is 0 Å². The van der Waals surface area contributed by atoms with E-state index in [2.05, 4.69) is 13.8 Å². The molecule has 16 heavy (non-hydrogen) atoms. The molecule has 2 nitrogen and oxygen atoms in total. The van der Waals surface area contributed by atoms with Crippen molar-refractivity contribution >= 4 is 0 Å². The van der Waals surface area contributed by atoms with Crippen LogP contribution in [0.15, 0.2) is 0 Å². The highest BCUT2D eigenvalue weighted by Crippen LogP contribution is 2.34. The number of hydrogen-bond donors (Lipinski definition) is 0. The van der Waals surface area contributed by atoms with Crippen LogP contribution < -0.4 is 0 Å². The molecule has 0 unspecified atom stereocenters. The Bertz CT molecular complexity index is 189. The largest absolute Gasteiger partial charge is 0.373 e. The highest BCUT2D eigenvalue weighted by molar-refractivity contribution is 4.82. The van der Waals surface area contributed by atoms with Gasteiger partial charge in [0.1, 0.15) is 0 Å². The summed E-state index contributed by atoms with van der Waals surface area (Å²) in [6, 6.07) is 0. The second-order valence-electron chi connectivity index (χ2n) is 6.01. The summed E-state index contributed by atoms with van der Waals surface area (Å²) < 4.78 is 11.9. The van der Waals surface area contributed by atoms with Gasteiger partial charge in [-0.3, -0.25) is 0 Å². The molecule has 2 rings (SSSR count). The third-order valence-corrected chi connectivity index (χ3v) is 4.31. The molecule has 0 atom stereocenters. The van der Waals surface area contributed by atoms with Crippen LogP contribution in [-0.4, -0.2) is 24.4 Å². The van der Waals surface area contributed by atoms with Gasteiger partial charge in [0.15, 0.2) is 0 Å². The molecule has 0 spiro atoms. The summed E-state index contributed by atoms with van der Waals surface area (Å²) in [7, 11) is 0. The minimum Gasteiger partial charge on any atom is -0.373 e. The highest BCUT2D eigenvalue weighted by Gasteiger charge is 2.31. The molecular formula is C14H26O2. The minimum atomic E-state index is 0.153. The van der Waals surface area contributed by atoms with Crippen LogP contribution in [-0.2, 0) is 9.47 Å². The van der Waals surface area contributed by atoms with Crippen molar-refractivity contribution in [3.05, 3.63) is 0 Å². The van der Waals surface area contributed by atoms with Crippen LogP contribution in [0, 0.1) is 0 Å². The maximum absolute atomic E-state index is 5.97. The Morgan fingerprint density at radius 1 is 0.688 bits per heavy atom. The fraction of sp³-hybridized carbons (Fsp3) is 1.00. The average Bonchev–Trinajstić information content (AvgIpc) is 2.84. The van der Waals surface area contributed by atoms with E-state index in [9.17, 15) is 0 Å². The summed E-state index contributed by atoms with van der Waals surface area (Å²) in [6.45, 7) is 6.03. The van der Waals surface area contributed by atoms with Crippen molar-refractivity contribution in [3.8, 4) is 0 Å². The summed E-state index contributed by atoms with van der Waals surface area (Å²) in [4.78, 5) is 0. The maximum atomic E-state index is 5.97. The Morgan fingerprint density at radius 2 is 1.00 bits per heavy atom. The molecule has 2 fully saturated rings. The van der Waals surface area contributed by atoms with Crippen LogP contribution in [0.3, 0.4) is 0 Å². The van der Waals surface area contributed by atoms with Crippen LogP contribution in [0.25, 0.3) is 0 Å². The number of rotatable bonds is 5. The monoisotopic (exact) mass is 226 g/mol. The lowest BCUT2D eigenvalue weighted by atomic mass is 10.1. The van der Waals surface area contributed by atoms with Crippen LogP contribution in [0.1, 0.15) is 65.2 Å². The molecule has 0 saturated heterocycles. The summed E-state index contributed by atoms with van der Waals surface area (Å²) in [5.74, 6) is 0. The van der Waals surface area contributed by atoms with Crippen molar-refractivity contribution in [3.63, 3.8) is 0 Å². The molecule has 0 N–H and O–H groups in total. The lowest BCUT2D eigenvalue weighted by Crippen LogP contribution is -2.30. The average molecular weight is 226 g/mol. The van der Waals surface area contributed by atoms with Gasteiger partial charge in [-0.25, -0.2) is 0 Å². The zero-order chi connectivity index (χ0) is 11.5. The van der Waals surface area contributed by atoms with Crippen molar-refractivity contribution in [2.75, 3.05) is 13.2 Å². The summed E-state index contributed by atoms with van der Waals surface area (Å²) in [5, 5.41) is 0. The third-order valence-electron chi connectivity index (χ3n) is 4.31. The first-order chi connectivity index (χ1) is 7.62. The lowest BCUT2D eigenvalue weighted by Gasteiger charge is -2.27. The van der Waals surface area contributed by atoms with Gasteiger partial charge in [0.05, 0.1) is 24.4 Å². The van der Waals surface area contributed by atoms with Gasteiger partial charge >= 0.3 is 0 Å². The van der Waals surface area contributed by atoms with Gasteiger partial charge < -0.3 is 9.47 Å². The number of ether oxygens (including phenoxy) is 2. The molecular weight excluding hydrogens is 200 g/mol. The SMILES string of the molecule is CC1(OCCOC2(C)CCCC2)CCCC1. The van der Waals surface area contributed by atoms with E-state index >= 15 is 0 Å². The molecule has 0 amide bonds. The Balaban J connectivity index is 1.61. The fourth-order valence-electron chi connectivity index (χ4n) is 3.11. The van der Waals surface area contributed by atoms with Gasteiger partial charge in [0.25, 0.3) is 0 Å². The molecule has 0 aliphatic heterocycles. The van der Waals surface area contributed by atoms with Gasteiger partial charge in [0.2, 0.25) is 0 Å². The summed E-state index contributed by atoms with van der Waals surface area (Å²) >= 11 is 0. The predicted octanol–water partition coefficient (Wildman–Crippen LogP) is 3.69. The van der Waals surface area contributed by atoms with E-state index < -0.39 is 0 Å².